The fourth-order valence-electron chi connectivity index (χ4n) is 1.68. The van der Waals surface area contributed by atoms with Gasteiger partial charge in [0.1, 0.15) is 5.56 Å². The van der Waals surface area contributed by atoms with E-state index in [-0.39, 0.29) is 16.3 Å². The first-order chi connectivity index (χ1) is 9.63. The van der Waals surface area contributed by atoms with Gasteiger partial charge >= 0.3 is 0 Å². The Bertz CT molecular complexity index is 866. The van der Waals surface area contributed by atoms with Crippen LogP contribution in [0.3, 0.4) is 0 Å². The molecule has 8 heteroatoms. The molecule has 0 bridgehead atoms. The predicted octanol–water partition coefficient (Wildman–Crippen LogP) is 2.80. The molecule has 3 aromatic rings. The van der Waals surface area contributed by atoms with Gasteiger partial charge in [0.25, 0.3) is 16.3 Å². The number of rotatable bonds is 2. The monoisotopic (exact) mass is 306 g/mol. The van der Waals surface area contributed by atoms with Crippen LogP contribution in [0.25, 0.3) is 22.7 Å². The van der Waals surface area contributed by atoms with E-state index in [1.165, 1.54) is 0 Å². The van der Waals surface area contributed by atoms with Gasteiger partial charge in [0.15, 0.2) is 0 Å². The smallest absolute Gasteiger partial charge is 0.284 e. The van der Waals surface area contributed by atoms with Crippen molar-refractivity contribution < 1.29 is 4.42 Å². The molecule has 0 fully saturated rings. The number of nitrogens with zero attached hydrogens (tertiary/aromatic N) is 2. The third-order valence-electron chi connectivity index (χ3n) is 2.61. The van der Waals surface area contributed by atoms with Crippen molar-refractivity contribution in [2.24, 2.45) is 0 Å². The van der Waals surface area contributed by atoms with E-state index in [0.29, 0.717) is 10.7 Å². The minimum Gasteiger partial charge on any atom is -0.409 e. The molecular weight excluding hydrogens is 300 g/mol. The third kappa shape index (κ3) is 2.40. The van der Waals surface area contributed by atoms with Gasteiger partial charge in [0.2, 0.25) is 0 Å². The normalized spacial score (nSPS) is 10.7. The molecule has 0 amide bonds. The average molecular weight is 307 g/mol. The highest BCUT2D eigenvalue weighted by molar-refractivity contribution is 7.71. The molecule has 2 aromatic heterocycles. The van der Waals surface area contributed by atoms with Crippen LogP contribution in [-0.2, 0) is 0 Å². The van der Waals surface area contributed by atoms with Crippen LogP contribution in [0.15, 0.2) is 39.5 Å². The highest BCUT2D eigenvalue weighted by atomic mass is 35.5. The molecule has 0 aliphatic rings. The summed E-state index contributed by atoms with van der Waals surface area (Å²) in [5, 5.41) is 13.3. The van der Waals surface area contributed by atoms with Crippen LogP contribution in [0.5, 0.6) is 0 Å². The first-order valence-electron chi connectivity index (χ1n) is 5.55. The number of nitrogens with one attached hydrogen (secondary N) is 2. The predicted molar refractivity (Wildman–Crippen MR) is 76.0 cm³/mol. The molecular formula is C12H7ClN4O2S. The Balaban J connectivity index is 2.13. The molecule has 20 heavy (non-hydrogen) atoms. The second kappa shape index (κ2) is 5.03. The first-order valence-corrected chi connectivity index (χ1v) is 6.33. The van der Waals surface area contributed by atoms with Crippen molar-refractivity contribution in [1.82, 2.24) is 20.4 Å². The summed E-state index contributed by atoms with van der Waals surface area (Å²) in [6.45, 7) is 0. The van der Waals surface area contributed by atoms with Crippen LogP contribution < -0.4 is 5.56 Å². The SMILES string of the molecule is O=c1[nH]nc(-c2ccc(Cl)cc2)cc1-c1n[nH]c(=S)o1. The van der Waals surface area contributed by atoms with Crippen LogP contribution in [-0.4, -0.2) is 20.4 Å². The summed E-state index contributed by atoms with van der Waals surface area (Å²) < 4.78 is 5.14. The number of aromatic nitrogens is 4. The lowest BCUT2D eigenvalue weighted by molar-refractivity contribution is 0.551. The molecule has 100 valence electrons. The molecule has 2 heterocycles. The fraction of sp³-hybridized carbons (Fsp3) is 0. The van der Waals surface area contributed by atoms with Crippen molar-refractivity contribution in [2.45, 2.75) is 0 Å². The largest absolute Gasteiger partial charge is 0.409 e. The lowest BCUT2D eigenvalue weighted by atomic mass is 10.1. The molecule has 0 aliphatic heterocycles. The van der Waals surface area contributed by atoms with Gasteiger partial charge in [-0.25, -0.2) is 10.2 Å². The minimum atomic E-state index is -0.409. The van der Waals surface area contributed by atoms with E-state index in [9.17, 15) is 4.79 Å². The Morgan fingerprint density at radius 2 is 1.90 bits per heavy atom. The Hall–Kier alpha value is -2.25. The van der Waals surface area contributed by atoms with E-state index in [1.807, 2.05) is 0 Å². The molecule has 0 aliphatic carbocycles. The second-order valence-corrected chi connectivity index (χ2v) is 4.73. The summed E-state index contributed by atoms with van der Waals surface area (Å²) in [5.41, 5.74) is 1.21. The number of hydrogen-bond donors (Lipinski definition) is 2. The van der Waals surface area contributed by atoms with Gasteiger partial charge < -0.3 is 4.42 Å². The van der Waals surface area contributed by atoms with E-state index in [2.05, 4.69) is 20.4 Å². The van der Waals surface area contributed by atoms with Crippen LogP contribution >= 0.6 is 23.8 Å². The zero-order chi connectivity index (χ0) is 14.1. The van der Waals surface area contributed by atoms with Crippen molar-refractivity contribution in [1.29, 1.82) is 0 Å². The molecule has 0 saturated heterocycles. The van der Waals surface area contributed by atoms with Gasteiger partial charge in [-0.3, -0.25) is 4.79 Å². The van der Waals surface area contributed by atoms with Crippen LogP contribution in [0.4, 0.5) is 0 Å². The quantitative estimate of drug-likeness (QED) is 0.711. The summed E-state index contributed by atoms with van der Waals surface area (Å²) in [5.74, 6) is 0.119. The van der Waals surface area contributed by atoms with Crippen LogP contribution in [0.2, 0.25) is 5.02 Å². The third-order valence-corrected chi connectivity index (χ3v) is 3.04. The Morgan fingerprint density at radius 3 is 2.55 bits per heavy atom. The van der Waals surface area contributed by atoms with Crippen molar-refractivity contribution in [2.75, 3.05) is 0 Å². The highest BCUT2D eigenvalue weighted by Crippen LogP contribution is 2.21. The number of benzene rings is 1. The van der Waals surface area contributed by atoms with E-state index < -0.39 is 5.56 Å². The number of H-pyrrole nitrogens is 2. The van der Waals surface area contributed by atoms with E-state index in [0.717, 1.165) is 5.56 Å². The van der Waals surface area contributed by atoms with Gasteiger partial charge in [0, 0.05) is 10.6 Å². The maximum absolute atomic E-state index is 11.8. The number of aromatic amines is 2. The topological polar surface area (TPSA) is 87.6 Å². The molecule has 0 atom stereocenters. The van der Waals surface area contributed by atoms with Gasteiger partial charge in [-0.1, -0.05) is 23.7 Å². The molecule has 1 aromatic carbocycles. The molecule has 6 nitrogen and oxygen atoms in total. The van der Waals surface area contributed by atoms with Crippen molar-refractivity contribution in [3.8, 4) is 22.7 Å². The highest BCUT2D eigenvalue weighted by Gasteiger charge is 2.12. The van der Waals surface area contributed by atoms with Gasteiger partial charge in [-0.15, -0.1) is 5.10 Å². The molecule has 0 unspecified atom stereocenters. The second-order valence-electron chi connectivity index (χ2n) is 3.92. The summed E-state index contributed by atoms with van der Waals surface area (Å²) in [6, 6.07) is 8.66. The van der Waals surface area contributed by atoms with E-state index in [1.54, 1.807) is 30.3 Å². The first kappa shape index (κ1) is 12.8. The molecule has 3 rings (SSSR count). The maximum Gasteiger partial charge on any atom is 0.284 e. The number of hydrogen-bond acceptors (Lipinski definition) is 5. The van der Waals surface area contributed by atoms with E-state index in [4.69, 9.17) is 28.2 Å². The van der Waals surface area contributed by atoms with Gasteiger partial charge in [0.05, 0.1) is 5.69 Å². The molecule has 0 saturated carbocycles. The molecule has 0 spiro atoms. The fourth-order valence-corrected chi connectivity index (χ4v) is 1.93. The van der Waals surface area contributed by atoms with Crippen molar-refractivity contribution in [3.05, 3.63) is 50.5 Å². The van der Waals surface area contributed by atoms with Crippen LogP contribution in [0, 0.1) is 4.84 Å². The van der Waals surface area contributed by atoms with Gasteiger partial charge in [-0.05, 0) is 30.4 Å². The summed E-state index contributed by atoms with van der Waals surface area (Å²) in [7, 11) is 0. The van der Waals surface area contributed by atoms with Gasteiger partial charge in [-0.2, -0.15) is 5.10 Å². The van der Waals surface area contributed by atoms with Crippen molar-refractivity contribution >= 4 is 23.8 Å². The Morgan fingerprint density at radius 1 is 1.15 bits per heavy atom. The lowest BCUT2D eigenvalue weighted by Gasteiger charge is -2.01. The molecule has 0 radical (unpaired) electrons. The minimum absolute atomic E-state index is 0.101. The summed E-state index contributed by atoms with van der Waals surface area (Å²) in [6.07, 6.45) is 0. The maximum atomic E-state index is 11.8. The zero-order valence-corrected chi connectivity index (χ0v) is 11.5. The average Bonchev–Trinajstić information content (AvgIpc) is 2.87. The molecule has 2 N–H and O–H groups in total. The summed E-state index contributed by atoms with van der Waals surface area (Å²) >= 11 is 10.6. The Labute approximate surface area is 122 Å². The standard InChI is InChI=1S/C12H7ClN4O2S/c13-7-3-1-6(2-4-7)9-5-8(10(18)15-14-9)11-16-17-12(20)19-11/h1-5H,(H,15,18)(H,17,20). The summed E-state index contributed by atoms with van der Waals surface area (Å²) in [4.78, 5) is 11.9. The van der Waals surface area contributed by atoms with Crippen molar-refractivity contribution in [3.63, 3.8) is 0 Å². The zero-order valence-electron chi connectivity index (χ0n) is 9.88. The van der Waals surface area contributed by atoms with Crippen LogP contribution in [0.1, 0.15) is 0 Å². The Kier molecular flexibility index (Phi) is 3.21. The lowest BCUT2D eigenvalue weighted by Crippen LogP contribution is -2.11. The number of halogens is 1. The van der Waals surface area contributed by atoms with E-state index >= 15 is 0 Å².